The Kier molecular flexibility index (Phi) is 6.30. The monoisotopic (exact) mass is 477 g/mol. The summed E-state index contributed by atoms with van der Waals surface area (Å²) in [4.78, 5) is 51.5. The minimum Gasteiger partial charge on any atom is -0.343 e. The van der Waals surface area contributed by atoms with Gasteiger partial charge in [0.25, 0.3) is 17.5 Å². The van der Waals surface area contributed by atoms with Crippen molar-refractivity contribution in [2.24, 2.45) is 0 Å². The van der Waals surface area contributed by atoms with Gasteiger partial charge >= 0.3 is 0 Å². The molecule has 1 aliphatic rings. The first kappa shape index (κ1) is 23.3. The summed E-state index contributed by atoms with van der Waals surface area (Å²) in [6.07, 6.45) is 0. The van der Waals surface area contributed by atoms with Crippen molar-refractivity contribution in [1.29, 1.82) is 0 Å². The first-order valence-electron chi connectivity index (χ1n) is 10.8. The van der Waals surface area contributed by atoms with Crippen molar-refractivity contribution in [2.75, 3.05) is 0 Å². The van der Waals surface area contributed by atoms with Gasteiger partial charge < -0.3 is 5.32 Å². The van der Waals surface area contributed by atoms with E-state index in [0.717, 1.165) is 15.3 Å². The van der Waals surface area contributed by atoms with Gasteiger partial charge in [0, 0.05) is 10.9 Å². The topological polar surface area (TPSA) is 110 Å². The van der Waals surface area contributed by atoms with E-state index >= 15 is 0 Å². The summed E-state index contributed by atoms with van der Waals surface area (Å²) in [5.41, 5.74) is 1.23. The summed E-state index contributed by atoms with van der Waals surface area (Å²) in [5, 5.41) is 16.2. The van der Waals surface area contributed by atoms with Gasteiger partial charge in [-0.15, -0.1) is 11.3 Å². The zero-order chi connectivity index (χ0) is 24.6. The van der Waals surface area contributed by atoms with Crippen LogP contribution in [0.25, 0.3) is 0 Å². The number of carbonyl (C=O) groups is 3. The first-order chi connectivity index (χ1) is 16.2. The molecule has 9 heteroatoms. The summed E-state index contributed by atoms with van der Waals surface area (Å²) in [6.45, 7) is 5.64. The summed E-state index contributed by atoms with van der Waals surface area (Å²) >= 11 is 1.48. The number of amides is 3. The van der Waals surface area contributed by atoms with Crippen LogP contribution in [-0.2, 0) is 4.79 Å². The summed E-state index contributed by atoms with van der Waals surface area (Å²) in [5.74, 6) is -1.74. The number of fused-ring (bicyclic) bond motifs is 1. The highest BCUT2D eigenvalue weighted by atomic mass is 32.1. The van der Waals surface area contributed by atoms with E-state index in [2.05, 4.69) is 19.2 Å². The molecule has 4 rings (SSSR count). The predicted molar refractivity (Wildman–Crippen MR) is 128 cm³/mol. The fourth-order valence-electron chi connectivity index (χ4n) is 4.02. The van der Waals surface area contributed by atoms with Gasteiger partial charge in [-0.25, -0.2) is 0 Å². The summed E-state index contributed by atoms with van der Waals surface area (Å²) in [6, 6.07) is 14.0. The molecule has 0 fully saturated rings. The minimum atomic E-state index is -1.16. The van der Waals surface area contributed by atoms with E-state index in [1.807, 2.05) is 41.8 Å². The van der Waals surface area contributed by atoms with Crippen molar-refractivity contribution in [2.45, 2.75) is 38.8 Å². The lowest BCUT2D eigenvalue weighted by atomic mass is 9.98. The van der Waals surface area contributed by atoms with Crippen LogP contribution in [-0.4, -0.2) is 33.6 Å². The standard InChI is InChI=1S/C25H23N3O5S/c1-14(2)16-9-11-17(12-10-16)22(20-8-5-13-34-20)26-23(29)15(3)27-24(30)18-6-4-7-19(28(32)33)21(18)25(27)31/h4-15,22H,1-3H3,(H,26,29)/t15-,22?/m0/s1. The number of nitrogens with zero attached hydrogens (tertiary/aromatic N) is 2. The average Bonchev–Trinajstić information content (AvgIpc) is 3.44. The predicted octanol–water partition coefficient (Wildman–Crippen LogP) is 4.67. The molecule has 1 aliphatic heterocycles. The molecular formula is C25H23N3O5S. The third kappa shape index (κ3) is 4.10. The van der Waals surface area contributed by atoms with Crippen LogP contribution in [0.15, 0.2) is 60.0 Å². The Bertz CT molecular complexity index is 1270. The number of nitro benzene ring substituents is 1. The maximum absolute atomic E-state index is 13.3. The van der Waals surface area contributed by atoms with Gasteiger partial charge in [-0.2, -0.15) is 0 Å². The number of hydrogen-bond acceptors (Lipinski definition) is 6. The third-order valence-electron chi connectivity index (χ3n) is 5.94. The lowest BCUT2D eigenvalue weighted by molar-refractivity contribution is -0.385. The maximum Gasteiger partial charge on any atom is 0.282 e. The second kappa shape index (κ2) is 9.18. The lowest BCUT2D eigenvalue weighted by Gasteiger charge is -2.25. The fourth-order valence-corrected chi connectivity index (χ4v) is 4.82. The highest BCUT2D eigenvalue weighted by Crippen LogP contribution is 2.33. The van der Waals surface area contributed by atoms with Crippen molar-refractivity contribution in [1.82, 2.24) is 10.2 Å². The molecule has 2 atom stereocenters. The van der Waals surface area contributed by atoms with Crippen LogP contribution in [0.4, 0.5) is 5.69 Å². The number of imide groups is 1. The average molecular weight is 478 g/mol. The molecule has 1 unspecified atom stereocenters. The largest absolute Gasteiger partial charge is 0.343 e. The second-order valence-electron chi connectivity index (χ2n) is 8.39. The molecule has 174 valence electrons. The van der Waals surface area contributed by atoms with E-state index in [-0.39, 0.29) is 11.1 Å². The van der Waals surface area contributed by atoms with E-state index in [9.17, 15) is 24.5 Å². The Hall–Kier alpha value is -3.85. The summed E-state index contributed by atoms with van der Waals surface area (Å²) in [7, 11) is 0. The van der Waals surface area contributed by atoms with Gasteiger partial charge in [0.15, 0.2) is 0 Å². The van der Waals surface area contributed by atoms with Crippen molar-refractivity contribution in [3.05, 3.63) is 97.2 Å². The van der Waals surface area contributed by atoms with Gasteiger partial charge in [-0.3, -0.25) is 29.4 Å². The smallest absolute Gasteiger partial charge is 0.282 e. The molecule has 0 radical (unpaired) electrons. The minimum absolute atomic E-state index is 0.0714. The van der Waals surface area contributed by atoms with Crippen LogP contribution in [0, 0.1) is 10.1 Å². The molecule has 0 bridgehead atoms. The van der Waals surface area contributed by atoms with E-state index in [1.165, 1.54) is 42.0 Å². The van der Waals surface area contributed by atoms with Gasteiger partial charge in [0.1, 0.15) is 11.6 Å². The molecule has 2 heterocycles. The van der Waals surface area contributed by atoms with Gasteiger partial charge in [-0.05, 0) is 41.5 Å². The Morgan fingerprint density at radius 1 is 0.971 bits per heavy atom. The number of hydrogen-bond donors (Lipinski definition) is 1. The van der Waals surface area contributed by atoms with E-state index in [4.69, 9.17) is 0 Å². The SMILES string of the molecule is CC(C)c1ccc(C(NC(=O)[C@H](C)N2C(=O)c3cccc([N+](=O)[O-])c3C2=O)c2cccs2)cc1. The molecule has 3 amide bonds. The molecule has 1 N–H and O–H groups in total. The molecule has 0 saturated carbocycles. The van der Waals surface area contributed by atoms with Crippen molar-refractivity contribution < 1.29 is 19.3 Å². The highest BCUT2D eigenvalue weighted by Gasteiger charge is 2.45. The molecule has 1 aromatic heterocycles. The Morgan fingerprint density at radius 2 is 1.65 bits per heavy atom. The van der Waals surface area contributed by atoms with Crippen LogP contribution in [0.2, 0.25) is 0 Å². The normalized spacial score (nSPS) is 14.8. The molecule has 2 aromatic carbocycles. The lowest BCUT2D eigenvalue weighted by Crippen LogP contribution is -2.48. The molecule has 8 nitrogen and oxygen atoms in total. The number of nitrogens with one attached hydrogen (secondary N) is 1. The van der Waals surface area contributed by atoms with Crippen molar-refractivity contribution in [3.8, 4) is 0 Å². The van der Waals surface area contributed by atoms with E-state index < -0.39 is 40.4 Å². The zero-order valence-electron chi connectivity index (χ0n) is 18.8. The molecular weight excluding hydrogens is 454 g/mol. The number of nitro groups is 1. The van der Waals surface area contributed by atoms with Crippen LogP contribution in [0.5, 0.6) is 0 Å². The molecule has 0 saturated heterocycles. The van der Waals surface area contributed by atoms with Crippen LogP contribution < -0.4 is 5.32 Å². The second-order valence-corrected chi connectivity index (χ2v) is 9.37. The molecule has 0 spiro atoms. The van der Waals surface area contributed by atoms with Gasteiger partial charge in [0.2, 0.25) is 5.91 Å². The number of rotatable bonds is 7. The number of benzene rings is 2. The highest BCUT2D eigenvalue weighted by molar-refractivity contribution is 7.10. The zero-order valence-corrected chi connectivity index (χ0v) is 19.7. The van der Waals surface area contributed by atoms with Crippen LogP contribution in [0.1, 0.15) is 69.5 Å². The third-order valence-corrected chi connectivity index (χ3v) is 6.88. The Morgan fingerprint density at radius 3 is 2.24 bits per heavy atom. The molecule has 34 heavy (non-hydrogen) atoms. The van der Waals surface area contributed by atoms with E-state index in [0.29, 0.717) is 5.92 Å². The number of thiophene rings is 1. The van der Waals surface area contributed by atoms with Crippen LogP contribution in [0.3, 0.4) is 0 Å². The molecule has 0 aliphatic carbocycles. The van der Waals surface area contributed by atoms with Gasteiger partial charge in [-0.1, -0.05) is 50.2 Å². The number of carbonyl (C=O) groups excluding carboxylic acids is 3. The fraction of sp³-hybridized carbons (Fsp3) is 0.240. The Labute approximate surface area is 200 Å². The van der Waals surface area contributed by atoms with Crippen molar-refractivity contribution >= 4 is 34.7 Å². The first-order valence-corrected chi connectivity index (χ1v) is 11.7. The van der Waals surface area contributed by atoms with Crippen molar-refractivity contribution in [3.63, 3.8) is 0 Å². The molecule has 3 aromatic rings. The van der Waals surface area contributed by atoms with Gasteiger partial charge in [0.05, 0.1) is 16.5 Å². The van der Waals surface area contributed by atoms with Crippen LogP contribution >= 0.6 is 11.3 Å². The van der Waals surface area contributed by atoms with E-state index in [1.54, 1.807) is 0 Å². The maximum atomic E-state index is 13.3. The summed E-state index contributed by atoms with van der Waals surface area (Å²) < 4.78 is 0. The Balaban J connectivity index is 1.61. The quantitative estimate of drug-likeness (QED) is 0.302.